The zero-order valence-corrected chi connectivity index (χ0v) is 11.8. The van der Waals surface area contributed by atoms with Gasteiger partial charge in [-0.05, 0) is 49.1 Å². The molecule has 21 heavy (non-hydrogen) atoms. The van der Waals surface area contributed by atoms with Crippen molar-refractivity contribution in [1.82, 2.24) is 5.32 Å². The van der Waals surface area contributed by atoms with Crippen LogP contribution >= 0.6 is 0 Å². The molecule has 2 nitrogen and oxygen atoms in total. The van der Waals surface area contributed by atoms with Gasteiger partial charge in [0.25, 0.3) is 0 Å². The average Bonchev–Trinajstić information content (AvgIpc) is 3.28. The molecular weight excluding hydrogens is 272 g/mol. The Balaban J connectivity index is 1.76. The fourth-order valence-corrected chi connectivity index (χ4v) is 2.08. The Morgan fingerprint density at radius 3 is 2.62 bits per heavy atom. The molecule has 110 valence electrons. The maximum absolute atomic E-state index is 13.2. The standard InChI is InChI=1S/C17H17F2NO/c1-11-2-3-12(10-20-13-4-5-13)8-17(11)21-14-6-7-15(18)16(19)9-14/h2-3,6-9,13,20H,4-5,10H2,1H3. The second-order valence-electron chi connectivity index (χ2n) is 5.43. The van der Waals surface area contributed by atoms with Crippen LogP contribution in [0.3, 0.4) is 0 Å². The molecule has 1 N–H and O–H groups in total. The minimum atomic E-state index is -0.906. The van der Waals surface area contributed by atoms with E-state index >= 15 is 0 Å². The van der Waals surface area contributed by atoms with Crippen molar-refractivity contribution in [3.8, 4) is 11.5 Å². The molecule has 0 saturated heterocycles. The van der Waals surface area contributed by atoms with Crippen LogP contribution in [0.4, 0.5) is 8.78 Å². The highest BCUT2D eigenvalue weighted by molar-refractivity contribution is 5.40. The molecule has 3 rings (SSSR count). The van der Waals surface area contributed by atoms with Crippen molar-refractivity contribution in [3.63, 3.8) is 0 Å². The zero-order chi connectivity index (χ0) is 14.8. The Morgan fingerprint density at radius 2 is 1.90 bits per heavy atom. The fraction of sp³-hybridized carbons (Fsp3) is 0.294. The predicted octanol–water partition coefficient (Wildman–Crippen LogP) is 4.32. The van der Waals surface area contributed by atoms with Gasteiger partial charge in [0, 0.05) is 18.7 Å². The summed E-state index contributed by atoms with van der Waals surface area (Å²) in [5, 5.41) is 3.43. The third kappa shape index (κ3) is 3.58. The van der Waals surface area contributed by atoms with E-state index in [9.17, 15) is 8.78 Å². The number of benzene rings is 2. The van der Waals surface area contributed by atoms with E-state index < -0.39 is 11.6 Å². The van der Waals surface area contributed by atoms with Crippen LogP contribution in [0, 0.1) is 18.6 Å². The number of halogens is 2. The van der Waals surface area contributed by atoms with Gasteiger partial charge in [0.2, 0.25) is 0 Å². The zero-order valence-electron chi connectivity index (χ0n) is 11.8. The molecule has 4 heteroatoms. The quantitative estimate of drug-likeness (QED) is 0.885. The van der Waals surface area contributed by atoms with Crippen LogP contribution in [0.25, 0.3) is 0 Å². The summed E-state index contributed by atoms with van der Waals surface area (Å²) in [5.74, 6) is -0.821. The second kappa shape index (κ2) is 5.82. The van der Waals surface area contributed by atoms with E-state index in [1.165, 1.54) is 18.9 Å². The lowest BCUT2D eigenvalue weighted by Crippen LogP contribution is -2.15. The van der Waals surface area contributed by atoms with Gasteiger partial charge in [-0.15, -0.1) is 0 Å². The molecule has 0 unspecified atom stereocenters. The van der Waals surface area contributed by atoms with Gasteiger partial charge in [-0.2, -0.15) is 0 Å². The first kappa shape index (κ1) is 14.0. The second-order valence-corrected chi connectivity index (χ2v) is 5.43. The van der Waals surface area contributed by atoms with Crippen molar-refractivity contribution in [1.29, 1.82) is 0 Å². The molecule has 1 aliphatic rings. The summed E-state index contributed by atoms with van der Waals surface area (Å²) in [6, 6.07) is 10.1. The number of hydrogen-bond donors (Lipinski definition) is 1. The summed E-state index contributed by atoms with van der Waals surface area (Å²) in [7, 11) is 0. The fourth-order valence-electron chi connectivity index (χ4n) is 2.08. The summed E-state index contributed by atoms with van der Waals surface area (Å²) in [5.41, 5.74) is 2.07. The van der Waals surface area contributed by atoms with Gasteiger partial charge >= 0.3 is 0 Å². The first-order chi connectivity index (χ1) is 10.1. The monoisotopic (exact) mass is 289 g/mol. The molecule has 0 aromatic heterocycles. The molecule has 2 aromatic rings. The number of aryl methyl sites for hydroxylation is 1. The summed E-state index contributed by atoms with van der Waals surface area (Å²) >= 11 is 0. The highest BCUT2D eigenvalue weighted by Crippen LogP contribution is 2.27. The van der Waals surface area contributed by atoms with E-state index in [0.717, 1.165) is 29.8 Å². The van der Waals surface area contributed by atoms with E-state index in [0.29, 0.717) is 17.5 Å². The van der Waals surface area contributed by atoms with E-state index in [2.05, 4.69) is 5.32 Å². The molecule has 0 heterocycles. The first-order valence-corrected chi connectivity index (χ1v) is 7.07. The maximum atomic E-state index is 13.2. The van der Waals surface area contributed by atoms with Gasteiger partial charge in [-0.3, -0.25) is 0 Å². The molecule has 0 atom stereocenters. The number of rotatable bonds is 5. The van der Waals surface area contributed by atoms with Gasteiger partial charge in [-0.1, -0.05) is 12.1 Å². The van der Waals surface area contributed by atoms with Gasteiger partial charge in [0.15, 0.2) is 11.6 Å². The Hall–Kier alpha value is -1.94. The minimum absolute atomic E-state index is 0.296. The van der Waals surface area contributed by atoms with E-state index in [1.807, 2.05) is 25.1 Å². The predicted molar refractivity (Wildman–Crippen MR) is 77.5 cm³/mol. The van der Waals surface area contributed by atoms with Crippen LogP contribution in [0.1, 0.15) is 24.0 Å². The van der Waals surface area contributed by atoms with Crippen LogP contribution in [-0.4, -0.2) is 6.04 Å². The van der Waals surface area contributed by atoms with Gasteiger partial charge in [0.05, 0.1) is 0 Å². The van der Waals surface area contributed by atoms with Crippen LogP contribution in [-0.2, 0) is 6.54 Å². The van der Waals surface area contributed by atoms with Gasteiger partial charge < -0.3 is 10.1 Å². The molecule has 2 aromatic carbocycles. The van der Waals surface area contributed by atoms with Crippen molar-refractivity contribution < 1.29 is 13.5 Å². The van der Waals surface area contributed by atoms with Crippen LogP contribution in [0.2, 0.25) is 0 Å². The Morgan fingerprint density at radius 1 is 1.10 bits per heavy atom. The van der Waals surface area contributed by atoms with Crippen molar-refractivity contribution >= 4 is 0 Å². The Bertz CT molecular complexity index is 653. The SMILES string of the molecule is Cc1ccc(CNC2CC2)cc1Oc1ccc(F)c(F)c1. The minimum Gasteiger partial charge on any atom is -0.457 e. The number of hydrogen-bond acceptors (Lipinski definition) is 2. The summed E-state index contributed by atoms with van der Waals surface area (Å²) < 4.78 is 31.8. The molecule has 0 radical (unpaired) electrons. The summed E-state index contributed by atoms with van der Waals surface area (Å²) in [6.07, 6.45) is 2.48. The lowest BCUT2D eigenvalue weighted by atomic mass is 10.1. The van der Waals surface area contributed by atoms with E-state index in [4.69, 9.17) is 4.74 Å². The number of nitrogens with one attached hydrogen (secondary N) is 1. The average molecular weight is 289 g/mol. The molecule has 0 spiro atoms. The van der Waals surface area contributed by atoms with Crippen molar-refractivity contribution in [2.24, 2.45) is 0 Å². The van der Waals surface area contributed by atoms with Gasteiger partial charge in [-0.25, -0.2) is 8.78 Å². The summed E-state index contributed by atoms with van der Waals surface area (Å²) in [6.45, 7) is 2.71. The Labute approximate surface area is 122 Å². The van der Waals surface area contributed by atoms with Crippen LogP contribution in [0.5, 0.6) is 11.5 Å². The molecule has 1 aliphatic carbocycles. The van der Waals surface area contributed by atoms with Crippen molar-refractivity contribution in [2.45, 2.75) is 32.4 Å². The first-order valence-electron chi connectivity index (χ1n) is 7.07. The molecule has 1 fully saturated rings. The van der Waals surface area contributed by atoms with Crippen molar-refractivity contribution in [3.05, 3.63) is 59.2 Å². The molecule has 0 amide bonds. The normalized spacial score (nSPS) is 14.2. The smallest absolute Gasteiger partial charge is 0.162 e. The van der Waals surface area contributed by atoms with Crippen molar-refractivity contribution in [2.75, 3.05) is 0 Å². The molecule has 1 saturated carbocycles. The third-order valence-corrected chi connectivity index (χ3v) is 3.54. The van der Waals surface area contributed by atoms with E-state index in [-0.39, 0.29) is 0 Å². The highest BCUT2D eigenvalue weighted by atomic mass is 19.2. The van der Waals surface area contributed by atoms with Gasteiger partial charge in [0.1, 0.15) is 11.5 Å². The number of ether oxygens (including phenoxy) is 1. The van der Waals surface area contributed by atoms with Crippen LogP contribution < -0.4 is 10.1 Å². The largest absolute Gasteiger partial charge is 0.457 e. The van der Waals surface area contributed by atoms with Crippen LogP contribution in [0.15, 0.2) is 36.4 Å². The topological polar surface area (TPSA) is 21.3 Å². The molecule has 0 bridgehead atoms. The molecular formula is C17H17F2NO. The molecule has 0 aliphatic heterocycles. The third-order valence-electron chi connectivity index (χ3n) is 3.54. The lowest BCUT2D eigenvalue weighted by Gasteiger charge is -2.11. The van der Waals surface area contributed by atoms with E-state index in [1.54, 1.807) is 0 Å². The Kier molecular flexibility index (Phi) is 3.88. The maximum Gasteiger partial charge on any atom is 0.162 e. The highest BCUT2D eigenvalue weighted by Gasteiger charge is 2.20. The lowest BCUT2D eigenvalue weighted by molar-refractivity contribution is 0.458. The summed E-state index contributed by atoms with van der Waals surface area (Å²) in [4.78, 5) is 0.